The highest BCUT2D eigenvalue weighted by Crippen LogP contribution is 2.24. The van der Waals surface area contributed by atoms with Crippen molar-refractivity contribution in [3.05, 3.63) is 42.2 Å². The highest BCUT2D eigenvalue weighted by Gasteiger charge is 2.30. The first-order valence-corrected chi connectivity index (χ1v) is 8.09. The van der Waals surface area contributed by atoms with Crippen LogP contribution >= 0.6 is 0 Å². The lowest BCUT2D eigenvalue weighted by atomic mass is 9.86. The van der Waals surface area contributed by atoms with E-state index in [0.717, 1.165) is 10.8 Å². The topological polar surface area (TPSA) is 88.5 Å². The van der Waals surface area contributed by atoms with E-state index in [-0.39, 0.29) is 18.4 Å². The smallest absolute Gasteiger partial charge is 0.308 e. The highest BCUT2D eigenvalue weighted by molar-refractivity contribution is 6.05. The maximum absolute atomic E-state index is 12.5. The predicted molar refractivity (Wildman–Crippen MR) is 88.7 cm³/mol. The molecular weight excluding hydrogens is 308 g/mol. The molecule has 0 radical (unpaired) electrons. The molecule has 24 heavy (non-hydrogen) atoms. The number of aliphatic carboxylic acids is 1. The Morgan fingerprint density at radius 3 is 2.75 bits per heavy atom. The quantitative estimate of drug-likeness (QED) is 0.877. The number of ether oxygens (including phenoxy) is 1. The molecule has 1 unspecified atom stereocenters. The van der Waals surface area contributed by atoms with Gasteiger partial charge >= 0.3 is 5.97 Å². The summed E-state index contributed by atoms with van der Waals surface area (Å²) in [7, 11) is 0. The monoisotopic (exact) mass is 328 g/mol. The second kappa shape index (κ2) is 7.40. The minimum Gasteiger partial charge on any atom is -0.481 e. The normalized spacial score (nSPS) is 16.7. The van der Waals surface area contributed by atoms with Gasteiger partial charge in [-0.25, -0.2) is 0 Å². The zero-order valence-corrected chi connectivity index (χ0v) is 13.3. The third-order valence-corrected chi connectivity index (χ3v) is 4.52. The Kier molecular flexibility index (Phi) is 5.05. The third-order valence-electron chi connectivity index (χ3n) is 4.52. The number of rotatable bonds is 5. The van der Waals surface area contributed by atoms with Gasteiger partial charge in [0, 0.05) is 31.3 Å². The summed E-state index contributed by atoms with van der Waals surface area (Å²) in [6.45, 7) is 1.25. The van der Waals surface area contributed by atoms with E-state index in [0.29, 0.717) is 31.7 Å². The molecule has 1 saturated heterocycles. The van der Waals surface area contributed by atoms with Crippen molar-refractivity contribution in [2.75, 3.05) is 19.8 Å². The van der Waals surface area contributed by atoms with Crippen molar-refractivity contribution in [1.82, 2.24) is 10.3 Å². The Labute approximate surface area is 139 Å². The van der Waals surface area contributed by atoms with Crippen LogP contribution in [-0.4, -0.2) is 41.7 Å². The summed E-state index contributed by atoms with van der Waals surface area (Å²) in [5, 5.41) is 13.9. The van der Waals surface area contributed by atoms with Crippen LogP contribution in [0.2, 0.25) is 0 Å². The van der Waals surface area contributed by atoms with Gasteiger partial charge in [0.1, 0.15) is 5.69 Å². The molecule has 2 N–H and O–H groups in total. The maximum atomic E-state index is 12.5. The first-order chi connectivity index (χ1) is 11.7. The summed E-state index contributed by atoms with van der Waals surface area (Å²) in [4.78, 5) is 28.2. The molecule has 0 bridgehead atoms. The predicted octanol–water partition coefficient (Wildman–Crippen LogP) is 2.09. The number of aromatic nitrogens is 1. The molecule has 0 aliphatic carbocycles. The van der Waals surface area contributed by atoms with Crippen LogP contribution in [0.15, 0.2) is 36.5 Å². The molecular formula is C18H20N2O4. The first kappa shape index (κ1) is 16.4. The van der Waals surface area contributed by atoms with Crippen molar-refractivity contribution in [2.45, 2.75) is 12.8 Å². The van der Waals surface area contributed by atoms with Gasteiger partial charge in [-0.05, 0) is 30.2 Å². The number of carbonyl (C=O) groups excluding carboxylic acids is 1. The molecule has 1 atom stereocenters. The van der Waals surface area contributed by atoms with Crippen LogP contribution in [0.5, 0.6) is 0 Å². The fraction of sp³-hybridized carbons (Fsp3) is 0.389. The molecule has 1 aliphatic heterocycles. The van der Waals surface area contributed by atoms with Crippen molar-refractivity contribution >= 4 is 22.6 Å². The van der Waals surface area contributed by atoms with Crippen LogP contribution in [0.3, 0.4) is 0 Å². The lowest BCUT2D eigenvalue weighted by Crippen LogP contribution is -2.39. The van der Waals surface area contributed by atoms with E-state index >= 15 is 0 Å². The molecule has 0 spiro atoms. The Balaban J connectivity index is 1.72. The lowest BCUT2D eigenvalue weighted by molar-refractivity contribution is -0.144. The van der Waals surface area contributed by atoms with Crippen molar-refractivity contribution in [3.8, 4) is 0 Å². The Morgan fingerprint density at radius 2 is 2.00 bits per heavy atom. The number of carbonyl (C=O) groups is 2. The van der Waals surface area contributed by atoms with Gasteiger partial charge in [0.25, 0.3) is 5.91 Å². The summed E-state index contributed by atoms with van der Waals surface area (Å²) in [5.74, 6) is -1.80. The second-order valence-corrected chi connectivity index (χ2v) is 5.99. The van der Waals surface area contributed by atoms with Crippen LogP contribution in [0.25, 0.3) is 10.8 Å². The standard InChI is InChI=1S/C18H20N2O4/c21-17(16-14-4-2-1-3-12(14)5-8-19-16)20-11-15(18(22)23)13-6-9-24-10-7-13/h1-5,8,13,15H,6-7,9-11H2,(H,20,21)(H,22,23). The molecule has 1 aromatic carbocycles. The van der Waals surface area contributed by atoms with Crippen molar-refractivity contribution in [3.63, 3.8) is 0 Å². The fourth-order valence-electron chi connectivity index (χ4n) is 3.16. The second-order valence-electron chi connectivity index (χ2n) is 5.99. The summed E-state index contributed by atoms with van der Waals surface area (Å²) < 4.78 is 5.28. The molecule has 2 heterocycles. The van der Waals surface area contributed by atoms with E-state index in [1.54, 1.807) is 6.20 Å². The minimum atomic E-state index is -0.881. The SMILES string of the molecule is O=C(NCC(C(=O)O)C1CCOCC1)c1nccc2ccccc12. The first-order valence-electron chi connectivity index (χ1n) is 8.09. The molecule has 0 saturated carbocycles. The number of carboxylic acids is 1. The molecule has 1 fully saturated rings. The van der Waals surface area contributed by atoms with Crippen LogP contribution in [0.1, 0.15) is 23.3 Å². The number of fused-ring (bicyclic) bond motifs is 1. The molecule has 6 nitrogen and oxygen atoms in total. The number of benzene rings is 1. The van der Waals surface area contributed by atoms with Gasteiger partial charge in [0.2, 0.25) is 0 Å². The third kappa shape index (κ3) is 3.54. The van der Waals surface area contributed by atoms with E-state index in [9.17, 15) is 14.7 Å². The van der Waals surface area contributed by atoms with Crippen LogP contribution in [0, 0.1) is 11.8 Å². The summed E-state index contributed by atoms with van der Waals surface area (Å²) >= 11 is 0. The number of nitrogens with zero attached hydrogens (tertiary/aromatic N) is 1. The van der Waals surface area contributed by atoms with Gasteiger partial charge in [0.05, 0.1) is 5.92 Å². The number of nitrogens with one attached hydrogen (secondary N) is 1. The number of pyridine rings is 1. The number of hydrogen-bond acceptors (Lipinski definition) is 4. The Hall–Kier alpha value is -2.47. The fourth-order valence-corrected chi connectivity index (χ4v) is 3.16. The molecule has 126 valence electrons. The molecule has 3 rings (SSSR count). The summed E-state index contributed by atoms with van der Waals surface area (Å²) in [6.07, 6.45) is 3.00. The number of hydrogen-bond donors (Lipinski definition) is 2. The van der Waals surface area contributed by atoms with Gasteiger partial charge in [0.15, 0.2) is 0 Å². The highest BCUT2D eigenvalue weighted by atomic mass is 16.5. The molecule has 6 heteroatoms. The van der Waals surface area contributed by atoms with Gasteiger partial charge in [-0.2, -0.15) is 0 Å². The summed E-state index contributed by atoms with van der Waals surface area (Å²) in [5.41, 5.74) is 0.323. The average molecular weight is 328 g/mol. The van der Waals surface area contributed by atoms with Gasteiger partial charge < -0.3 is 15.2 Å². The summed E-state index contributed by atoms with van der Waals surface area (Å²) in [6, 6.07) is 9.34. The van der Waals surface area contributed by atoms with E-state index in [2.05, 4.69) is 10.3 Å². The van der Waals surface area contributed by atoms with Crippen LogP contribution in [-0.2, 0) is 9.53 Å². The molecule has 2 aromatic rings. The van der Waals surface area contributed by atoms with Crippen LogP contribution < -0.4 is 5.32 Å². The van der Waals surface area contributed by atoms with Gasteiger partial charge in [-0.15, -0.1) is 0 Å². The average Bonchev–Trinajstić information content (AvgIpc) is 2.62. The van der Waals surface area contributed by atoms with Gasteiger partial charge in [-0.3, -0.25) is 14.6 Å². The maximum Gasteiger partial charge on any atom is 0.308 e. The van der Waals surface area contributed by atoms with Crippen molar-refractivity contribution < 1.29 is 19.4 Å². The minimum absolute atomic E-state index is 0.0250. The zero-order chi connectivity index (χ0) is 16.9. The van der Waals surface area contributed by atoms with Crippen LogP contribution in [0.4, 0.5) is 0 Å². The molecule has 1 aliphatic rings. The zero-order valence-electron chi connectivity index (χ0n) is 13.3. The van der Waals surface area contributed by atoms with E-state index in [4.69, 9.17) is 4.74 Å². The molecule has 1 amide bonds. The number of carboxylic acid groups (broad SMARTS) is 1. The van der Waals surface area contributed by atoms with Crippen molar-refractivity contribution in [1.29, 1.82) is 0 Å². The van der Waals surface area contributed by atoms with E-state index in [1.807, 2.05) is 30.3 Å². The van der Waals surface area contributed by atoms with E-state index in [1.165, 1.54) is 0 Å². The molecule has 1 aromatic heterocycles. The van der Waals surface area contributed by atoms with E-state index < -0.39 is 11.9 Å². The Morgan fingerprint density at radius 1 is 1.25 bits per heavy atom. The Bertz CT molecular complexity index is 735. The van der Waals surface area contributed by atoms with Crippen molar-refractivity contribution in [2.24, 2.45) is 11.8 Å². The lowest BCUT2D eigenvalue weighted by Gasteiger charge is -2.27. The largest absolute Gasteiger partial charge is 0.481 e. The van der Waals surface area contributed by atoms with Gasteiger partial charge in [-0.1, -0.05) is 24.3 Å². The number of amides is 1.